The van der Waals surface area contributed by atoms with Crippen molar-refractivity contribution in [3.05, 3.63) is 29.3 Å². The van der Waals surface area contributed by atoms with Crippen LogP contribution in [-0.2, 0) is 4.79 Å². The fraction of sp³-hybridized carbons (Fsp3) is 0.588. The number of hydrogen-bond donors (Lipinski definition) is 2. The molecule has 21 heavy (non-hydrogen) atoms. The Bertz CT molecular complexity index is 455. The molecule has 0 bridgehead atoms. The summed E-state index contributed by atoms with van der Waals surface area (Å²) in [5.41, 5.74) is 3.27. The molecule has 1 aromatic carbocycles. The molecule has 0 atom stereocenters. The summed E-state index contributed by atoms with van der Waals surface area (Å²) >= 11 is 0. The van der Waals surface area contributed by atoms with Crippen LogP contribution in [0.25, 0.3) is 0 Å². The molecule has 1 rings (SSSR count). The Morgan fingerprint density at radius 3 is 2.62 bits per heavy atom. The average molecular weight is 291 g/mol. The van der Waals surface area contributed by atoms with Crippen molar-refractivity contribution in [2.45, 2.75) is 33.1 Å². The van der Waals surface area contributed by atoms with Crippen LogP contribution in [0.15, 0.2) is 18.2 Å². The van der Waals surface area contributed by atoms with Gasteiger partial charge in [0.1, 0.15) is 0 Å². The molecule has 118 valence electrons. The second-order valence-corrected chi connectivity index (χ2v) is 6.08. The largest absolute Gasteiger partial charge is 0.324 e. The number of nitrogens with zero attached hydrogens (tertiary/aromatic N) is 1. The van der Waals surface area contributed by atoms with E-state index < -0.39 is 0 Å². The molecule has 0 aliphatic heterocycles. The van der Waals surface area contributed by atoms with Gasteiger partial charge in [0.15, 0.2) is 0 Å². The normalized spacial score (nSPS) is 11.2. The highest BCUT2D eigenvalue weighted by atomic mass is 16.1. The van der Waals surface area contributed by atoms with E-state index in [2.05, 4.69) is 49.5 Å². The molecule has 0 heterocycles. The van der Waals surface area contributed by atoms with Gasteiger partial charge in [0.05, 0.1) is 6.54 Å². The Morgan fingerprint density at radius 1 is 1.29 bits per heavy atom. The van der Waals surface area contributed by atoms with E-state index in [9.17, 15) is 4.79 Å². The molecule has 0 aliphatic carbocycles. The standard InChI is InChI=1S/C17H29N3O/c1-13(2)15-9-6-8-14(3)17(15)19-16(21)12-18-10-7-11-20(4)5/h6,8-9,13,18H,7,10-12H2,1-5H3,(H,19,21). The predicted molar refractivity (Wildman–Crippen MR) is 89.9 cm³/mol. The molecule has 4 nitrogen and oxygen atoms in total. The first kappa shape index (κ1) is 17.7. The Labute approximate surface area is 128 Å². The summed E-state index contributed by atoms with van der Waals surface area (Å²) < 4.78 is 0. The van der Waals surface area contributed by atoms with Gasteiger partial charge in [-0.15, -0.1) is 0 Å². The minimum absolute atomic E-state index is 0.0241. The average Bonchev–Trinajstić information content (AvgIpc) is 2.40. The number of anilines is 1. The fourth-order valence-corrected chi connectivity index (χ4v) is 2.25. The van der Waals surface area contributed by atoms with Crippen LogP contribution in [0.5, 0.6) is 0 Å². The first-order chi connectivity index (χ1) is 9.91. The second-order valence-electron chi connectivity index (χ2n) is 6.08. The summed E-state index contributed by atoms with van der Waals surface area (Å²) in [6.07, 6.45) is 1.04. The van der Waals surface area contributed by atoms with Gasteiger partial charge in [0, 0.05) is 5.69 Å². The lowest BCUT2D eigenvalue weighted by Crippen LogP contribution is -2.30. The molecule has 0 aromatic heterocycles. The van der Waals surface area contributed by atoms with Gasteiger partial charge in [0.2, 0.25) is 5.91 Å². The molecule has 1 amide bonds. The van der Waals surface area contributed by atoms with E-state index in [1.165, 1.54) is 5.56 Å². The summed E-state index contributed by atoms with van der Waals surface area (Å²) in [4.78, 5) is 14.2. The van der Waals surface area contributed by atoms with Gasteiger partial charge in [-0.25, -0.2) is 0 Å². The third-order valence-electron chi connectivity index (χ3n) is 3.44. The van der Waals surface area contributed by atoms with Crippen molar-refractivity contribution in [1.82, 2.24) is 10.2 Å². The van der Waals surface area contributed by atoms with Gasteiger partial charge in [0.25, 0.3) is 0 Å². The number of benzene rings is 1. The van der Waals surface area contributed by atoms with Crippen molar-refractivity contribution in [3.63, 3.8) is 0 Å². The van der Waals surface area contributed by atoms with E-state index in [-0.39, 0.29) is 5.91 Å². The van der Waals surface area contributed by atoms with E-state index in [4.69, 9.17) is 0 Å². The summed E-state index contributed by atoms with van der Waals surface area (Å²) in [5.74, 6) is 0.421. The fourth-order valence-electron chi connectivity index (χ4n) is 2.25. The van der Waals surface area contributed by atoms with Crippen LogP contribution in [0.4, 0.5) is 5.69 Å². The molecule has 1 aromatic rings. The molecule has 0 spiro atoms. The monoisotopic (exact) mass is 291 g/mol. The molecular formula is C17H29N3O. The van der Waals surface area contributed by atoms with Crippen LogP contribution in [0.3, 0.4) is 0 Å². The lowest BCUT2D eigenvalue weighted by molar-refractivity contribution is -0.115. The van der Waals surface area contributed by atoms with Crippen molar-refractivity contribution >= 4 is 11.6 Å². The van der Waals surface area contributed by atoms with Gasteiger partial charge >= 0.3 is 0 Å². The third kappa shape index (κ3) is 6.27. The Morgan fingerprint density at radius 2 is 2.00 bits per heavy atom. The van der Waals surface area contributed by atoms with Crippen LogP contribution in [0.2, 0.25) is 0 Å². The maximum Gasteiger partial charge on any atom is 0.238 e. The highest BCUT2D eigenvalue weighted by Crippen LogP contribution is 2.27. The minimum atomic E-state index is 0.0241. The van der Waals surface area contributed by atoms with E-state index in [1.807, 2.05) is 19.1 Å². The third-order valence-corrected chi connectivity index (χ3v) is 3.44. The van der Waals surface area contributed by atoms with Crippen LogP contribution in [0, 0.1) is 6.92 Å². The van der Waals surface area contributed by atoms with Gasteiger partial charge in [-0.1, -0.05) is 32.0 Å². The molecule has 4 heteroatoms. The number of carbonyl (C=O) groups excluding carboxylic acids is 1. The zero-order valence-corrected chi connectivity index (χ0v) is 14.0. The number of nitrogens with one attached hydrogen (secondary N) is 2. The van der Waals surface area contributed by atoms with Crippen LogP contribution >= 0.6 is 0 Å². The summed E-state index contributed by atoms with van der Waals surface area (Å²) in [6, 6.07) is 6.16. The zero-order chi connectivity index (χ0) is 15.8. The van der Waals surface area contributed by atoms with Crippen molar-refractivity contribution in [1.29, 1.82) is 0 Å². The number of hydrogen-bond acceptors (Lipinski definition) is 3. The molecule has 0 aliphatic rings. The highest BCUT2D eigenvalue weighted by Gasteiger charge is 2.11. The Hall–Kier alpha value is -1.39. The predicted octanol–water partition coefficient (Wildman–Crippen LogP) is 2.60. The van der Waals surface area contributed by atoms with E-state index in [1.54, 1.807) is 0 Å². The number of rotatable bonds is 8. The van der Waals surface area contributed by atoms with E-state index in [0.717, 1.165) is 30.8 Å². The summed E-state index contributed by atoms with van der Waals surface area (Å²) in [5, 5.41) is 6.24. The van der Waals surface area contributed by atoms with Crippen LogP contribution in [-0.4, -0.2) is 44.5 Å². The maximum absolute atomic E-state index is 12.1. The molecule has 0 saturated heterocycles. The first-order valence-corrected chi connectivity index (χ1v) is 7.66. The lowest BCUT2D eigenvalue weighted by atomic mass is 9.98. The van der Waals surface area contributed by atoms with Crippen LogP contribution < -0.4 is 10.6 Å². The zero-order valence-electron chi connectivity index (χ0n) is 14.0. The number of amides is 1. The van der Waals surface area contributed by atoms with Crippen molar-refractivity contribution in [3.8, 4) is 0 Å². The highest BCUT2D eigenvalue weighted by molar-refractivity contribution is 5.93. The van der Waals surface area contributed by atoms with Gasteiger partial charge < -0.3 is 15.5 Å². The SMILES string of the molecule is Cc1cccc(C(C)C)c1NC(=O)CNCCCN(C)C. The van der Waals surface area contributed by atoms with Gasteiger partial charge in [-0.05, 0) is 57.6 Å². The van der Waals surface area contributed by atoms with E-state index >= 15 is 0 Å². The van der Waals surface area contributed by atoms with Crippen molar-refractivity contribution in [2.75, 3.05) is 39.0 Å². The Kier molecular flexibility index (Phi) is 7.40. The van der Waals surface area contributed by atoms with E-state index in [0.29, 0.717) is 12.5 Å². The second kappa shape index (κ2) is 8.80. The summed E-state index contributed by atoms with van der Waals surface area (Å²) in [7, 11) is 4.11. The molecule has 0 fully saturated rings. The minimum Gasteiger partial charge on any atom is -0.324 e. The maximum atomic E-state index is 12.1. The quantitative estimate of drug-likeness (QED) is 0.724. The smallest absolute Gasteiger partial charge is 0.238 e. The molecule has 0 radical (unpaired) electrons. The number of carbonyl (C=O) groups is 1. The molecule has 0 saturated carbocycles. The number of para-hydroxylation sites is 1. The molecule has 0 unspecified atom stereocenters. The van der Waals surface area contributed by atoms with Crippen molar-refractivity contribution in [2.24, 2.45) is 0 Å². The van der Waals surface area contributed by atoms with Gasteiger partial charge in [-0.2, -0.15) is 0 Å². The molecular weight excluding hydrogens is 262 g/mol. The van der Waals surface area contributed by atoms with Crippen molar-refractivity contribution < 1.29 is 4.79 Å². The van der Waals surface area contributed by atoms with Crippen LogP contribution in [0.1, 0.15) is 37.3 Å². The summed E-state index contributed by atoms with van der Waals surface area (Å²) in [6.45, 7) is 8.57. The topological polar surface area (TPSA) is 44.4 Å². The lowest BCUT2D eigenvalue weighted by Gasteiger charge is -2.16. The number of aryl methyl sites for hydroxylation is 1. The first-order valence-electron chi connectivity index (χ1n) is 7.66. The van der Waals surface area contributed by atoms with Gasteiger partial charge in [-0.3, -0.25) is 4.79 Å². The molecule has 2 N–H and O–H groups in total. The Balaban J connectivity index is 2.48.